The summed E-state index contributed by atoms with van der Waals surface area (Å²) < 4.78 is 26.6. The summed E-state index contributed by atoms with van der Waals surface area (Å²) in [7, 11) is -3.45. The second-order valence-electron chi connectivity index (χ2n) is 6.02. The van der Waals surface area contributed by atoms with Gasteiger partial charge in [0, 0.05) is 30.9 Å². The van der Waals surface area contributed by atoms with Crippen LogP contribution < -0.4 is 4.90 Å². The minimum absolute atomic E-state index is 0.140. The van der Waals surface area contributed by atoms with E-state index >= 15 is 0 Å². The second-order valence-corrected chi connectivity index (χ2v) is 7.96. The van der Waals surface area contributed by atoms with Gasteiger partial charge in [-0.05, 0) is 56.2 Å². The number of sulfonamides is 1. The van der Waals surface area contributed by atoms with Crippen molar-refractivity contribution in [3.8, 4) is 0 Å². The number of rotatable bonds is 5. The van der Waals surface area contributed by atoms with Crippen molar-refractivity contribution < 1.29 is 13.2 Å². The third kappa shape index (κ3) is 3.60. The van der Waals surface area contributed by atoms with E-state index in [1.54, 1.807) is 17.0 Å². The maximum atomic E-state index is 12.8. The first-order valence-corrected chi connectivity index (χ1v) is 9.95. The first-order chi connectivity index (χ1) is 12.0. The number of carbonyl (C=O) groups is 1. The van der Waals surface area contributed by atoms with Gasteiger partial charge in [-0.25, -0.2) is 8.42 Å². The van der Waals surface area contributed by atoms with Gasteiger partial charge in [0.25, 0.3) is 5.91 Å². The van der Waals surface area contributed by atoms with Gasteiger partial charge in [0.05, 0.1) is 4.90 Å². The van der Waals surface area contributed by atoms with Crippen LogP contribution in [0.25, 0.3) is 0 Å². The van der Waals surface area contributed by atoms with Crippen molar-refractivity contribution in [1.29, 1.82) is 0 Å². The van der Waals surface area contributed by atoms with Gasteiger partial charge < -0.3 is 4.90 Å². The summed E-state index contributed by atoms with van der Waals surface area (Å²) in [5.74, 6) is -0.140. The van der Waals surface area contributed by atoms with Crippen LogP contribution in [0.3, 0.4) is 0 Å². The van der Waals surface area contributed by atoms with Gasteiger partial charge in [-0.3, -0.25) is 4.79 Å². The average Bonchev–Trinajstić information content (AvgIpc) is 3.19. The fraction of sp³-hybridized carbons (Fsp3) is 0.316. The van der Waals surface area contributed by atoms with Gasteiger partial charge in [-0.2, -0.15) is 4.31 Å². The van der Waals surface area contributed by atoms with Crippen LogP contribution in [0.4, 0.5) is 5.69 Å². The number of nitrogens with zero attached hydrogens (tertiary/aromatic N) is 2. The summed E-state index contributed by atoms with van der Waals surface area (Å²) >= 11 is 0. The quantitative estimate of drug-likeness (QED) is 0.825. The zero-order valence-corrected chi connectivity index (χ0v) is 15.1. The van der Waals surface area contributed by atoms with E-state index in [2.05, 4.69) is 0 Å². The molecule has 6 heteroatoms. The Bertz CT molecular complexity index is 827. The molecule has 0 atom stereocenters. The average molecular weight is 358 g/mol. The van der Waals surface area contributed by atoms with Gasteiger partial charge in [-0.15, -0.1) is 0 Å². The summed E-state index contributed by atoms with van der Waals surface area (Å²) in [6, 6.07) is 15.7. The number of amides is 1. The highest BCUT2D eigenvalue weighted by Crippen LogP contribution is 2.22. The molecular weight excluding hydrogens is 336 g/mol. The van der Waals surface area contributed by atoms with Gasteiger partial charge in [0.15, 0.2) is 0 Å². The number of anilines is 1. The fourth-order valence-electron chi connectivity index (χ4n) is 3.05. The number of hydrogen-bond acceptors (Lipinski definition) is 3. The molecule has 0 bridgehead atoms. The molecule has 5 nitrogen and oxygen atoms in total. The summed E-state index contributed by atoms with van der Waals surface area (Å²) in [5.41, 5.74) is 1.30. The molecule has 2 aromatic carbocycles. The van der Waals surface area contributed by atoms with E-state index in [1.807, 2.05) is 37.3 Å². The lowest BCUT2D eigenvalue weighted by molar-refractivity contribution is 0.0988. The van der Waals surface area contributed by atoms with Gasteiger partial charge in [0.1, 0.15) is 0 Å². The normalized spacial score (nSPS) is 15.2. The molecule has 1 fully saturated rings. The monoisotopic (exact) mass is 358 g/mol. The largest absolute Gasteiger partial charge is 0.309 e. The highest BCUT2D eigenvalue weighted by atomic mass is 32.2. The van der Waals surface area contributed by atoms with Crippen molar-refractivity contribution in [3.05, 3.63) is 60.2 Å². The van der Waals surface area contributed by atoms with E-state index in [1.165, 1.54) is 16.4 Å². The zero-order valence-electron chi connectivity index (χ0n) is 14.3. The van der Waals surface area contributed by atoms with Crippen molar-refractivity contribution >= 4 is 21.6 Å². The lowest BCUT2D eigenvalue weighted by Crippen LogP contribution is -2.31. The third-order valence-corrected chi connectivity index (χ3v) is 6.35. The van der Waals surface area contributed by atoms with Crippen molar-refractivity contribution in [2.75, 3.05) is 24.5 Å². The van der Waals surface area contributed by atoms with Crippen molar-refractivity contribution in [3.63, 3.8) is 0 Å². The van der Waals surface area contributed by atoms with Crippen LogP contribution >= 0.6 is 0 Å². The van der Waals surface area contributed by atoms with Crippen molar-refractivity contribution in [2.24, 2.45) is 0 Å². The Morgan fingerprint density at radius 1 is 1.00 bits per heavy atom. The van der Waals surface area contributed by atoms with Crippen LogP contribution in [-0.2, 0) is 10.0 Å². The highest BCUT2D eigenvalue weighted by Gasteiger charge is 2.27. The summed E-state index contributed by atoms with van der Waals surface area (Å²) in [5, 5.41) is 0. The number of carbonyl (C=O) groups excluding carboxylic acids is 1. The Hall–Kier alpha value is -2.18. The van der Waals surface area contributed by atoms with E-state index in [-0.39, 0.29) is 10.8 Å². The molecule has 132 valence electrons. The Balaban J connectivity index is 1.83. The Morgan fingerprint density at radius 3 is 2.16 bits per heavy atom. The second kappa shape index (κ2) is 7.37. The topological polar surface area (TPSA) is 57.7 Å². The Kier molecular flexibility index (Phi) is 5.20. The highest BCUT2D eigenvalue weighted by molar-refractivity contribution is 7.89. The molecule has 3 rings (SSSR count). The van der Waals surface area contributed by atoms with E-state index in [0.717, 1.165) is 18.5 Å². The molecule has 1 heterocycles. The van der Waals surface area contributed by atoms with E-state index in [9.17, 15) is 13.2 Å². The minimum atomic E-state index is -3.45. The Labute approximate surface area is 148 Å². The lowest BCUT2D eigenvalue weighted by Gasteiger charge is -2.21. The smallest absolute Gasteiger partial charge is 0.258 e. The number of benzene rings is 2. The van der Waals surface area contributed by atoms with Crippen LogP contribution in [0.5, 0.6) is 0 Å². The van der Waals surface area contributed by atoms with Crippen LogP contribution in [0, 0.1) is 0 Å². The molecule has 2 aromatic rings. The molecular formula is C19H22N2O3S. The van der Waals surface area contributed by atoms with Crippen LogP contribution in [0.1, 0.15) is 30.1 Å². The molecule has 0 aromatic heterocycles. The third-order valence-electron chi connectivity index (χ3n) is 4.43. The predicted octanol–water partition coefficient (Wildman–Crippen LogP) is 3.14. The maximum Gasteiger partial charge on any atom is 0.258 e. The molecule has 1 aliphatic heterocycles. The van der Waals surface area contributed by atoms with Crippen molar-refractivity contribution in [2.45, 2.75) is 24.7 Å². The summed E-state index contributed by atoms with van der Waals surface area (Å²) in [4.78, 5) is 14.7. The molecule has 0 spiro atoms. The minimum Gasteiger partial charge on any atom is -0.309 e. The standard InChI is InChI=1S/C19H22N2O3S/c1-2-21(17-8-4-3-5-9-17)19(22)16-10-12-18(13-11-16)25(23,24)20-14-6-7-15-20/h3-5,8-13H,2,6-7,14-15H2,1H3. The molecule has 1 aliphatic rings. The van der Waals surface area contributed by atoms with Crippen LogP contribution in [0.2, 0.25) is 0 Å². The van der Waals surface area contributed by atoms with Gasteiger partial charge in [0.2, 0.25) is 10.0 Å². The van der Waals surface area contributed by atoms with Crippen LogP contribution in [-0.4, -0.2) is 38.3 Å². The molecule has 0 unspecified atom stereocenters. The zero-order chi connectivity index (χ0) is 17.9. The fourth-order valence-corrected chi connectivity index (χ4v) is 4.57. The van der Waals surface area contributed by atoms with E-state index in [0.29, 0.717) is 25.2 Å². The van der Waals surface area contributed by atoms with Crippen molar-refractivity contribution in [1.82, 2.24) is 4.31 Å². The molecule has 0 N–H and O–H groups in total. The molecule has 0 aliphatic carbocycles. The van der Waals surface area contributed by atoms with E-state index < -0.39 is 10.0 Å². The van der Waals surface area contributed by atoms with Crippen LogP contribution in [0.15, 0.2) is 59.5 Å². The first-order valence-electron chi connectivity index (χ1n) is 8.51. The SMILES string of the molecule is CCN(C(=O)c1ccc(S(=O)(=O)N2CCCC2)cc1)c1ccccc1. The van der Waals surface area contributed by atoms with Gasteiger partial charge >= 0.3 is 0 Å². The molecule has 1 saturated heterocycles. The van der Waals surface area contributed by atoms with Gasteiger partial charge in [-0.1, -0.05) is 18.2 Å². The molecule has 1 amide bonds. The predicted molar refractivity (Wildman–Crippen MR) is 98.2 cm³/mol. The number of para-hydroxylation sites is 1. The first kappa shape index (κ1) is 17.6. The lowest BCUT2D eigenvalue weighted by atomic mass is 10.2. The molecule has 0 saturated carbocycles. The molecule has 25 heavy (non-hydrogen) atoms. The maximum absolute atomic E-state index is 12.8. The summed E-state index contributed by atoms with van der Waals surface area (Å²) in [6.45, 7) is 3.59. The number of hydrogen-bond donors (Lipinski definition) is 0. The van der Waals surface area contributed by atoms with E-state index in [4.69, 9.17) is 0 Å². The molecule has 0 radical (unpaired) electrons. The Morgan fingerprint density at radius 2 is 1.60 bits per heavy atom. The summed E-state index contributed by atoms with van der Waals surface area (Å²) in [6.07, 6.45) is 1.80.